The van der Waals surface area contributed by atoms with Crippen LogP contribution in [0.25, 0.3) is 0 Å². The Balaban J connectivity index is 2.82. The summed E-state index contributed by atoms with van der Waals surface area (Å²) in [7, 11) is 0. The standard InChI is InChI=1S/C16H27NO/c1-5-7-13(4)18-16-9-8-12(3)10-14(16)11-15(17)6-2/h8-10,13,15H,5-7,11,17H2,1-4H3. The number of aryl methyl sites for hydroxylation is 1. The Hall–Kier alpha value is -1.02. The molecule has 0 aliphatic rings. The van der Waals surface area contributed by atoms with Crippen LogP contribution in [0.4, 0.5) is 0 Å². The van der Waals surface area contributed by atoms with E-state index in [-0.39, 0.29) is 12.1 Å². The van der Waals surface area contributed by atoms with E-state index in [4.69, 9.17) is 10.5 Å². The second-order valence-electron chi connectivity index (χ2n) is 5.20. The Kier molecular flexibility index (Phi) is 6.20. The van der Waals surface area contributed by atoms with E-state index >= 15 is 0 Å². The lowest BCUT2D eigenvalue weighted by molar-refractivity contribution is 0.207. The molecule has 18 heavy (non-hydrogen) atoms. The monoisotopic (exact) mass is 249 g/mol. The van der Waals surface area contributed by atoms with Crippen molar-refractivity contribution in [2.24, 2.45) is 5.73 Å². The highest BCUT2D eigenvalue weighted by Gasteiger charge is 2.11. The maximum atomic E-state index is 6.06. The molecule has 1 aromatic carbocycles. The molecular formula is C16H27NO. The van der Waals surface area contributed by atoms with Crippen LogP contribution in [0.5, 0.6) is 5.75 Å². The molecule has 0 bridgehead atoms. The highest BCUT2D eigenvalue weighted by atomic mass is 16.5. The van der Waals surface area contributed by atoms with E-state index in [0.29, 0.717) is 0 Å². The SMILES string of the molecule is CCCC(C)Oc1ccc(C)cc1CC(N)CC. The summed E-state index contributed by atoms with van der Waals surface area (Å²) in [4.78, 5) is 0. The van der Waals surface area contributed by atoms with Gasteiger partial charge in [-0.15, -0.1) is 0 Å². The molecule has 0 aromatic heterocycles. The van der Waals surface area contributed by atoms with Crippen molar-refractivity contribution in [3.8, 4) is 5.75 Å². The summed E-state index contributed by atoms with van der Waals surface area (Å²) in [5.74, 6) is 1.01. The highest BCUT2D eigenvalue weighted by molar-refractivity contribution is 5.37. The van der Waals surface area contributed by atoms with Gasteiger partial charge in [0.05, 0.1) is 6.10 Å². The molecule has 102 valence electrons. The van der Waals surface area contributed by atoms with E-state index in [1.807, 2.05) is 0 Å². The Bertz CT molecular complexity index is 362. The second kappa shape index (κ2) is 7.42. The van der Waals surface area contributed by atoms with Gasteiger partial charge in [0.2, 0.25) is 0 Å². The minimum absolute atomic E-state index is 0.218. The highest BCUT2D eigenvalue weighted by Crippen LogP contribution is 2.23. The average Bonchev–Trinajstić information content (AvgIpc) is 2.33. The Labute approximate surface area is 112 Å². The van der Waals surface area contributed by atoms with Gasteiger partial charge in [-0.1, -0.05) is 38.0 Å². The lowest BCUT2D eigenvalue weighted by Gasteiger charge is -2.19. The van der Waals surface area contributed by atoms with E-state index in [1.165, 1.54) is 11.1 Å². The largest absolute Gasteiger partial charge is 0.490 e. The van der Waals surface area contributed by atoms with Crippen LogP contribution in [0.3, 0.4) is 0 Å². The number of ether oxygens (including phenoxy) is 1. The van der Waals surface area contributed by atoms with Gasteiger partial charge in [0.1, 0.15) is 5.75 Å². The Morgan fingerprint density at radius 2 is 2.00 bits per heavy atom. The summed E-state index contributed by atoms with van der Waals surface area (Å²) < 4.78 is 6.03. The van der Waals surface area contributed by atoms with Crippen LogP contribution in [-0.4, -0.2) is 12.1 Å². The van der Waals surface area contributed by atoms with Crippen LogP contribution in [0.2, 0.25) is 0 Å². The molecule has 0 spiro atoms. The zero-order chi connectivity index (χ0) is 13.5. The fourth-order valence-electron chi connectivity index (χ4n) is 2.09. The topological polar surface area (TPSA) is 35.2 Å². The molecule has 0 aliphatic carbocycles. The van der Waals surface area contributed by atoms with Crippen molar-refractivity contribution in [1.82, 2.24) is 0 Å². The van der Waals surface area contributed by atoms with Crippen molar-refractivity contribution in [3.05, 3.63) is 29.3 Å². The molecule has 0 fully saturated rings. The van der Waals surface area contributed by atoms with Crippen molar-refractivity contribution in [1.29, 1.82) is 0 Å². The van der Waals surface area contributed by atoms with Gasteiger partial charge < -0.3 is 10.5 Å². The first-order valence-electron chi connectivity index (χ1n) is 7.08. The summed E-state index contributed by atoms with van der Waals surface area (Å²) in [6, 6.07) is 6.60. The summed E-state index contributed by atoms with van der Waals surface area (Å²) in [5.41, 5.74) is 8.57. The van der Waals surface area contributed by atoms with Gasteiger partial charge in [-0.2, -0.15) is 0 Å². The van der Waals surface area contributed by atoms with E-state index in [2.05, 4.69) is 45.9 Å². The maximum Gasteiger partial charge on any atom is 0.122 e. The molecule has 2 N–H and O–H groups in total. The molecule has 0 radical (unpaired) electrons. The van der Waals surface area contributed by atoms with Gasteiger partial charge in [-0.3, -0.25) is 0 Å². The smallest absolute Gasteiger partial charge is 0.122 e. The first-order chi connectivity index (χ1) is 8.56. The van der Waals surface area contributed by atoms with Crippen molar-refractivity contribution < 1.29 is 4.74 Å². The minimum Gasteiger partial charge on any atom is -0.490 e. The molecule has 1 rings (SSSR count). The normalized spacial score (nSPS) is 14.3. The number of nitrogens with two attached hydrogens (primary N) is 1. The fourth-order valence-corrected chi connectivity index (χ4v) is 2.09. The number of benzene rings is 1. The van der Waals surface area contributed by atoms with Crippen LogP contribution in [0.1, 0.15) is 51.2 Å². The zero-order valence-corrected chi connectivity index (χ0v) is 12.2. The molecule has 0 saturated heterocycles. The van der Waals surface area contributed by atoms with Crippen LogP contribution in [-0.2, 0) is 6.42 Å². The summed E-state index contributed by atoms with van der Waals surface area (Å²) >= 11 is 0. The molecule has 0 aliphatic heterocycles. The quantitative estimate of drug-likeness (QED) is 0.796. The molecule has 2 unspecified atom stereocenters. The van der Waals surface area contributed by atoms with E-state index < -0.39 is 0 Å². The average molecular weight is 249 g/mol. The fraction of sp³-hybridized carbons (Fsp3) is 0.625. The van der Waals surface area contributed by atoms with E-state index in [0.717, 1.165) is 31.4 Å². The van der Waals surface area contributed by atoms with E-state index in [1.54, 1.807) is 0 Å². The second-order valence-corrected chi connectivity index (χ2v) is 5.20. The van der Waals surface area contributed by atoms with Crippen molar-refractivity contribution in [2.75, 3.05) is 0 Å². The van der Waals surface area contributed by atoms with Crippen molar-refractivity contribution in [2.45, 2.75) is 65.5 Å². The van der Waals surface area contributed by atoms with Crippen LogP contribution in [0, 0.1) is 6.92 Å². The Morgan fingerprint density at radius 3 is 2.61 bits per heavy atom. The van der Waals surface area contributed by atoms with Crippen LogP contribution < -0.4 is 10.5 Å². The first kappa shape index (κ1) is 15.0. The van der Waals surface area contributed by atoms with Crippen molar-refractivity contribution >= 4 is 0 Å². The maximum absolute atomic E-state index is 6.06. The molecule has 2 atom stereocenters. The predicted octanol–water partition coefficient (Wildman–Crippen LogP) is 3.84. The van der Waals surface area contributed by atoms with Gasteiger partial charge in [0, 0.05) is 6.04 Å². The lowest BCUT2D eigenvalue weighted by atomic mass is 10.0. The third-order valence-corrected chi connectivity index (χ3v) is 3.25. The van der Waals surface area contributed by atoms with Crippen LogP contribution in [0.15, 0.2) is 18.2 Å². The minimum atomic E-state index is 0.218. The number of hydrogen-bond acceptors (Lipinski definition) is 2. The molecule has 0 heterocycles. The predicted molar refractivity (Wildman–Crippen MR) is 78.1 cm³/mol. The number of rotatable bonds is 7. The molecule has 0 saturated carbocycles. The van der Waals surface area contributed by atoms with Crippen LogP contribution >= 0.6 is 0 Å². The Morgan fingerprint density at radius 1 is 1.28 bits per heavy atom. The lowest BCUT2D eigenvalue weighted by Crippen LogP contribution is -2.22. The number of hydrogen-bond donors (Lipinski definition) is 1. The summed E-state index contributed by atoms with van der Waals surface area (Å²) in [6.45, 7) is 8.55. The summed E-state index contributed by atoms with van der Waals surface area (Å²) in [6.07, 6.45) is 4.41. The van der Waals surface area contributed by atoms with Gasteiger partial charge in [-0.25, -0.2) is 0 Å². The third kappa shape index (κ3) is 4.69. The van der Waals surface area contributed by atoms with Gasteiger partial charge in [0.25, 0.3) is 0 Å². The molecule has 2 heteroatoms. The van der Waals surface area contributed by atoms with Gasteiger partial charge in [-0.05, 0) is 44.7 Å². The molecule has 2 nitrogen and oxygen atoms in total. The molecular weight excluding hydrogens is 222 g/mol. The van der Waals surface area contributed by atoms with Gasteiger partial charge in [0.15, 0.2) is 0 Å². The van der Waals surface area contributed by atoms with E-state index in [9.17, 15) is 0 Å². The van der Waals surface area contributed by atoms with Gasteiger partial charge >= 0.3 is 0 Å². The first-order valence-corrected chi connectivity index (χ1v) is 7.08. The van der Waals surface area contributed by atoms with Crippen molar-refractivity contribution in [3.63, 3.8) is 0 Å². The zero-order valence-electron chi connectivity index (χ0n) is 12.2. The third-order valence-electron chi connectivity index (χ3n) is 3.25. The molecule has 0 amide bonds. The summed E-state index contributed by atoms with van der Waals surface area (Å²) in [5, 5.41) is 0. The molecule has 1 aromatic rings.